The second kappa shape index (κ2) is 12.7. The van der Waals surface area contributed by atoms with Crippen molar-refractivity contribution in [3.8, 4) is 6.07 Å². The number of nitrogens with zero attached hydrogens (tertiary/aromatic N) is 2. The first-order valence-corrected chi connectivity index (χ1v) is 12.3. The third-order valence-electron chi connectivity index (χ3n) is 5.12. The van der Waals surface area contributed by atoms with Gasteiger partial charge >= 0.3 is 6.09 Å². The fourth-order valence-corrected chi connectivity index (χ4v) is 3.93. The van der Waals surface area contributed by atoms with Crippen molar-refractivity contribution in [3.63, 3.8) is 0 Å². The number of ether oxygens (including phenoxy) is 1. The third-order valence-corrected chi connectivity index (χ3v) is 5.80. The van der Waals surface area contributed by atoms with Gasteiger partial charge in [-0.05, 0) is 51.8 Å². The van der Waals surface area contributed by atoms with E-state index >= 15 is 0 Å². The molecule has 0 radical (unpaired) electrons. The molecule has 2 aromatic carbocycles. The third kappa shape index (κ3) is 7.90. The summed E-state index contributed by atoms with van der Waals surface area (Å²) in [5, 5.41) is 15.2. The van der Waals surface area contributed by atoms with E-state index in [4.69, 9.17) is 16.3 Å². The van der Waals surface area contributed by atoms with Gasteiger partial charge in [0.15, 0.2) is 0 Å². The number of anilines is 1. The number of nitrogens with one attached hydrogen (secondary N) is 2. The summed E-state index contributed by atoms with van der Waals surface area (Å²) in [6.45, 7) is 8.36. The number of thiol groups is 1. The summed E-state index contributed by atoms with van der Waals surface area (Å²) in [4.78, 5) is 40.7. The van der Waals surface area contributed by atoms with Crippen LogP contribution in [-0.2, 0) is 14.3 Å². The molecule has 0 spiro atoms. The Labute approximate surface area is 222 Å². The summed E-state index contributed by atoms with van der Waals surface area (Å²) in [6, 6.07) is 11.9. The molecule has 0 aliphatic carbocycles. The molecule has 2 atom stereocenters. The molecule has 0 heterocycles. The number of carbonyl (C=O) groups excluding carboxylic acids is 3. The van der Waals surface area contributed by atoms with Crippen molar-refractivity contribution < 1.29 is 19.1 Å². The average molecular weight is 531 g/mol. The molecule has 0 aromatic heterocycles. The largest absolute Gasteiger partial charge is 0.444 e. The smallest absolute Gasteiger partial charge is 0.408 e. The quantitative estimate of drug-likeness (QED) is 0.335. The van der Waals surface area contributed by atoms with Gasteiger partial charge in [0, 0.05) is 5.75 Å². The van der Waals surface area contributed by atoms with Crippen LogP contribution in [0.3, 0.4) is 0 Å². The maximum atomic E-state index is 13.6. The Kier molecular flexibility index (Phi) is 10.2. The maximum absolute atomic E-state index is 13.6. The molecule has 2 N–H and O–H groups in total. The molecule has 0 fully saturated rings. The van der Waals surface area contributed by atoms with Gasteiger partial charge in [-0.25, -0.2) is 4.79 Å². The van der Waals surface area contributed by atoms with Crippen LogP contribution in [-0.4, -0.2) is 46.7 Å². The van der Waals surface area contributed by atoms with E-state index < -0.39 is 42.1 Å². The van der Waals surface area contributed by atoms with Gasteiger partial charge in [-0.1, -0.05) is 53.6 Å². The maximum Gasteiger partial charge on any atom is 0.408 e. The van der Waals surface area contributed by atoms with Crippen LogP contribution in [0, 0.1) is 25.2 Å². The number of hydrogen-bond acceptors (Lipinski definition) is 6. The summed E-state index contributed by atoms with van der Waals surface area (Å²) < 4.78 is 5.26. The lowest BCUT2D eigenvalue weighted by Gasteiger charge is -2.32. The van der Waals surface area contributed by atoms with Gasteiger partial charge in [0.2, 0.25) is 5.91 Å². The normalized spacial score (nSPS) is 12.6. The number of benzene rings is 2. The number of aryl methyl sites for hydroxylation is 2. The number of alkyl carbamates (subject to hydrolysis) is 1. The Morgan fingerprint density at radius 3 is 2.31 bits per heavy atom. The van der Waals surface area contributed by atoms with Crippen molar-refractivity contribution in [1.82, 2.24) is 10.2 Å². The molecule has 2 aromatic rings. The Balaban J connectivity index is 2.48. The van der Waals surface area contributed by atoms with Crippen molar-refractivity contribution in [2.45, 2.75) is 52.3 Å². The van der Waals surface area contributed by atoms with Gasteiger partial charge in [-0.3, -0.25) is 9.59 Å². The fourth-order valence-electron chi connectivity index (χ4n) is 3.41. The molecule has 0 saturated heterocycles. The van der Waals surface area contributed by atoms with Crippen LogP contribution in [0.1, 0.15) is 43.5 Å². The SMILES string of the molecule is Cc1ccc(C(C(=O)Nc2c(C)cccc2Cl)N(CC#N)C(=O)C(CS)NC(=O)OC(C)(C)C)cc1. The molecule has 0 aliphatic heterocycles. The molecule has 0 aliphatic rings. The average Bonchev–Trinajstić information content (AvgIpc) is 2.79. The number of hydrogen-bond donors (Lipinski definition) is 3. The minimum absolute atomic E-state index is 0.0775. The van der Waals surface area contributed by atoms with E-state index in [9.17, 15) is 19.6 Å². The minimum Gasteiger partial charge on any atom is -0.444 e. The van der Waals surface area contributed by atoms with Gasteiger partial charge in [-0.2, -0.15) is 17.9 Å². The summed E-state index contributed by atoms with van der Waals surface area (Å²) in [6.07, 6.45) is -0.810. The van der Waals surface area contributed by atoms with Crippen LogP contribution >= 0.6 is 24.2 Å². The zero-order chi connectivity index (χ0) is 27.0. The van der Waals surface area contributed by atoms with Crippen LogP contribution in [0.2, 0.25) is 5.02 Å². The van der Waals surface area contributed by atoms with Crippen molar-refractivity contribution in [2.24, 2.45) is 0 Å². The van der Waals surface area contributed by atoms with Gasteiger partial charge in [-0.15, -0.1) is 0 Å². The first-order valence-electron chi connectivity index (χ1n) is 11.3. The lowest BCUT2D eigenvalue weighted by Crippen LogP contribution is -2.53. The number of amides is 3. The van der Waals surface area contributed by atoms with Gasteiger partial charge in [0.25, 0.3) is 5.91 Å². The molecule has 192 valence electrons. The molecule has 8 nitrogen and oxygen atoms in total. The van der Waals surface area contributed by atoms with E-state index in [-0.39, 0.29) is 5.75 Å². The van der Waals surface area contributed by atoms with Crippen LogP contribution in [0.5, 0.6) is 0 Å². The summed E-state index contributed by atoms with van der Waals surface area (Å²) >= 11 is 10.5. The Morgan fingerprint density at radius 1 is 1.14 bits per heavy atom. The highest BCUT2D eigenvalue weighted by Gasteiger charge is 2.36. The molecular weight excluding hydrogens is 500 g/mol. The van der Waals surface area contributed by atoms with E-state index in [1.165, 1.54) is 0 Å². The van der Waals surface area contributed by atoms with Gasteiger partial charge in [0.05, 0.1) is 16.8 Å². The van der Waals surface area contributed by atoms with E-state index in [2.05, 4.69) is 23.3 Å². The Morgan fingerprint density at radius 2 is 1.78 bits per heavy atom. The second-order valence-corrected chi connectivity index (χ2v) is 10.0. The Bertz CT molecular complexity index is 1120. The standard InChI is InChI=1S/C26H31ClN4O4S/c1-16-9-11-18(12-10-16)22(23(32)30-21-17(2)7-6-8-19(21)27)31(14-13-28)24(33)20(15-36)29-25(34)35-26(3,4)5/h6-12,20,22,36H,14-15H2,1-5H3,(H,29,34)(H,30,32). The van der Waals surface area contributed by atoms with E-state index in [1.54, 1.807) is 70.2 Å². The number of nitriles is 1. The van der Waals surface area contributed by atoms with E-state index in [0.29, 0.717) is 16.3 Å². The molecule has 0 bridgehead atoms. The zero-order valence-electron chi connectivity index (χ0n) is 21.0. The van der Waals surface area contributed by atoms with Gasteiger partial charge in [0.1, 0.15) is 24.2 Å². The summed E-state index contributed by atoms with van der Waals surface area (Å²) in [5.74, 6) is -1.30. The van der Waals surface area contributed by atoms with Crippen LogP contribution in [0.25, 0.3) is 0 Å². The van der Waals surface area contributed by atoms with Crippen molar-refractivity contribution >= 4 is 47.8 Å². The first kappa shape index (κ1) is 29.0. The van der Waals surface area contributed by atoms with Crippen molar-refractivity contribution in [3.05, 3.63) is 64.2 Å². The first-order chi connectivity index (χ1) is 16.9. The number of carbonyl (C=O) groups is 3. The number of halogens is 1. The van der Waals surface area contributed by atoms with E-state index in [1.807, 2.05) is 13.0 Å². The summed E-state index contributed by atoms with van der Waals surface area (Å²) in [7, 11) is 0. The molecule has 2 rings (SSSR count). The Hall–Kier alpha value is -3.22. The van der Waals surface area contributed by atoms with Crippen molar-refractivity contribution in [2.75, 3.05) is 17.6 Å². The summed E-state index contributed by atoms with van der Waals surface area (Å²) in [5.41, 5.74) is 1.80. The molecular formula is C26H31ClN4O4S. The monoisotopic (exact) mass is 530 g/mol. The number of rotatable bonds is 8. The highest BCUT2D eigenvalue weighted by Crippen LogP contribution is 2.29. The minimum atomic E-state index is -1.18. The van der Waals surface area contributed by atoms with Crippen LogP contribution in [0.15, 0.2) is 42.5 Å². The topological polar surface area (TPSA) is 112 Å². The molecule has 3 amide bonds. The predicted molar refractivity (Wildman–Crippen MR) is 143 cm³/mol. The predicted octanol–water partition coefficient (Wildman–Crippen LogP) is 4.81. The highest BCUT2D eigenvalue weighted by atomic mass is 35.5. The van der Waals surface area contributed by atoms with Crippen LogP contribution in [0.4, 0.5) is 10.5 Å². The zero-order valence-corrected chi connectivity index (χ0v) is 22.6. The molecule has 0 saturated carbocycles. The fraction of sp³-hybridized carbons (Fsp3) is 0.385. The lowest BCUT2D eigenvalue weighted by atomic mass is 10.0. The van der Waals surface area contributed by atoms with Crippen LogP contribution < -0.4 is 10.6 Å². The van der Waals surface area contributed by atoms with Gasteiger partial charge < -0.3 is 20.3 Å². The highest BCUT2D eigenvalue weighted by molar-refractivity contribution is 7.80. The number of para-hydroxylation sites is 1. The van der Waals surface area contributed by atoms with E-state index in [0.717, 1.165) is 16.0 Å². The molecule has 10 heteroatoms. The second-order valence-electron chi connectivity index (χ2n) is 9.24. The molecule has 36 heavy (non-hydrogen) atoms. The van der Waals surface area contributed by atoms with Crippen molar-refractivity contribution in [1.29, 1.82) is 5.26 Å². The molecule has 2 unspecified atom stereocenters. The lowest BCUT2D eigenvalue weighted by molar-refractivity contribution is -0.139.